The average molecular weight is 1210 g/mol. The van der Waals surface area contributed by atoms with E-state index in [-0.39, 0.29) is 67.1 Å². The smallest absolute Gasteiger partial charge is 0.410 e. The molecule has 22 heteroatoms. The van der Waals surface area contributed by atoms with Gasteiger partial charge in [0.2, 0.25) is 0 Å². The Bertz CT molecular complexity index is 2300. The maximum Gasteiger partial charge on any atom is 0.410 e. The van der Waals surface area contributed by atoms with Crippen molar-refractivity contribution in [2.45, 2.75) is 213 Å². The average Bonchev–Trinajstić information content (AvgIpc) is 4.20. The van der Waals surface area contributed by atoms with E-state index in [9.17, 15) is 31.2 Å². The number of rotatable bonds is 14. The zero-order valence-electron chi connectivity index (χ0n) is 50.3. The third-order valence-corrected chi connectivity index (χ3v) is 15.8. The molecule has 6 rings (SSSR count). The number of likely N-dealkylation sites (tertiary alicyclic amines) is 3. The highest BCUT2D eigenvalue weighted by atomic mass is 35.7. The molecule has 3 amide bonds. The lowest BCUT2D eigenvalue weighted by molar-refractivity contribution is 0.0170. The minimum absolute atomic E-state index is 0. The lowest BCUT2D eigenvalue weighted by Gasteiger charge is -2.31. The molecular formula is C58H104Cl2N6O12S2. The molecule has 4 heterocycles. The van der Waals surface area contributed by atoms with E-state index < -0.39 is 42.1 Å². The zero-order chi connectivity index (χ0) is 59.1. The van der Waals surface area contributed by atoms with Gasteiger partial charge in [0, 0.05) is 55.5 Å². The number of aliphatic hydroxyl groups is 1. The van der Waals surface area contributed by atoms with Crippen LogP contribution >= 0.6 is 23.1 Å². The normalized spacial score (nSPS) is 19.2. The first-order chi connectivity index (χ1) is 36.3. The van der Waals surface area contributed by atoms with Gasteiger partial charge in [-0.05, 0) is 185 Å². The number of ether oxygens (including phenoxy) is 3. The first kappa shape index (κ1) is 76.5. The van der Waals surface area contributed by atoms with E-state index in [1.807, 2.05) is 60.3 Å². The Morgan fingerprint density at radius 2 is 0.950 bits per heavy atom. The third-order valence-electron chi connectivity index (χ3n) is 13.2. The predicted molar refractivity (Wildman–Crippen MR) is 324 cm³/mol. The van der Waals surface area contributed by atoms with E-state index >= 15 is 0 Å². The Morgan fingerprint density at radius 1 is 0.588 bits per heavy atom. The van der Waals surface area contributed by atoms with Gasteiger partial charge in [-0.25, -0.2) is 22.8 Å². The van der Waals surface area contributed by atoms with Gasteiger partial charge in [0.15, 0.2) is 0 Å². The van der Waals surface area contributed by atoms with Crippen LogP contribution in [0.4, 0.5) is 14.4 Å². The lowest BCUT2D eigenvalue weighted by atomic mass is 10.2. The molecule has 0 bridgehead atoms. The van der Waals surface area contributed by atoms with Crippen molar-refractivity contribution in [3.05, 3.63) is 59.7 Å². The molecule has 0 saturated carbocycles. The largest absolute Gasteiger partial charge is 0.444 e. The molecule has 80 heavy (non-hydrogen) atoms. The van der Waals surface area contributed by atoms with Crippen LogP contribution in [0.3, 0.4) is 0 Å². The maximum absolute atomic E-state index is 12.2. The number of aliphatic hydroxyl groups excluding tert-OH is 1. The summed E-state index contributed by atoms with van der Waals surface area (Å²) in [5, 5.41) is 12.5. The first-order valence-corrected chi connectivity index (χ1v) is 31.7. The van der Waals surface area contributed by atoms with Crippen molar-refractivity contribution in [2.75, 3.05) is 78.7 Å². The number of nitrogens with zero attached hydrogens (tertiary/aromatic N) is 5. The van der Waals surface area contributed by atoms with Crippen molar-refractivity contribution < 1.29 is 54.7 Å². The van der Waals surface area contributed by atoms with Crippen molar-refractivity contribution >= 4 is 60.5 Å². The lowest BCUT2D eigenvalue weighted by Crippen LogP contribution is -2.45. The van der Waals surface area contributed by atoms with Gasteiger partial charge < -0.3 is 49.1 Å². The number of halogens is 2. The van der Waals surface area contributed by atoms with E-state index in [1.54, 1.807) is 54.8 Å². The van der Waals surface area contributed by atoms with Gasteiger partial charge in [-0.2, -0.15) is 8.42 Å². The molecule has 2 N–H and O–H groups in total. The fourth-order valence-electron chi connectivity index (χ4n) is 8.87. The third kappa shape index (κ3) is 29.7. The van der Waals surface area contributed by atoms with E-state index in [2.05, 4.69) is 42.8 Å². The Morgan fingerprint density at radius 3 is 1.31 bits per heavy atom. The fourth-order valence-corrected chi connectivity index (χ4v) is 10.6. The van der Waals surface area contributed by atoms with Crippen LogP contribution < -0.4 is 5.32 Å². The van der Waals surface area contributed by atoms with Crippen LogP contribution in [0.25, 0.3) is 0 Å². The summed E-state index contributed by atoms with van der Waals surface area (Å²) in [7, 11) is -2.29. The highest BCUT2D eigenvalue weighted by Crippen LogP contribution is 2.25. The van der Waals surface area contributed by atoms with Gasteiger partial charge in [-0.3, -0.25) is 4.18 Å². The van der Waals surface area contributed by atoms with Gasteiger partial charge in [0.25, 0.3) is 19.2 Å². The molecule has 0 aliphatic carbocycles. The highest BCUT2D eigenvalue weighted by molar-refractivity contribution is 8.13. The van der Waals surface area contributed by atoms with Gasteiger partial charge in [0.05, 0.1) is 35.1 Å². The highest BCUT2D eigenvalue weighted by Gasteiger charge is 2.35. The second kappa shape index (κ2) is 36.3. The van der Waals surface area contributed by atoms with Crippen LogP contribution in [-0.4, -0.2) is 184 Å². The number of likely N-dealkylation sites (N-methyl/N-ethyl adjacent to an activating group) is 2. The van der Waals surface area contributed by atoms with Gasteiger partial charge >= 0.3 is 18.3 Å². The van der Waals surface area contributed by atoms with E-state index in [4.69, 9.17) is 34.2 Å². The van der Waals surface area contributed by atoms with Crippen LogP contribution in [0.5, 0.6) is 0 Å². The summed E-state index contributed by atoms with van der Waals surface area (Å²) in [6.45, 7) is 39.2. The summed E-state index contributed by atoms with van der Waals surface area (Å²) in [6, 6.07) is 13.6. The van der Waals surface area contributed by atoms with Gasteiger partial charge in [0.1, 0.15) is 16.8 Å². The standard InChI is InChI=1S/C17H25NO5S.C14H28N2O2.C10H19NO3.C9H20N2.C7H7ClO2S.CH4.ClH/c1-13-7-9-15(10-8-13)24(20,21)22-12-14-6-5-11-18(14)16(19)23-17(2,3)4;1-6-15(7-2)11-12-9-8-10-16(12)13(17)18-14(3,4)5;1-10(2,3)14-9(13)11-6-4-5-8(11)7-12;1-3-11(4-2)8-9-6-5-7-10-9;1-6-2-4-7(5-3-6)11(8,9)10;;/h7-10,14H,5-6,11-12H2,1-4H3;12H,6-11H2,1-5H3;8,12H,4-7H2,1-3H3;9-10H,3-8H2,1-2H3;2-5H,1H3;1H4;1H/t14-;12-;8-;9-;;;/m1111.../s1. The van der Waals surface area contributed by atoms with Crippen LogP contribution in [0.15, 0.2) is 58.3 Å². The van der Waals surface area contributed by atoms with Crippen molar-refractivity contribution in [3.8, 4) is 0 Å². The Kier molecular flexibility index (Phi) is 34.7. The number of carbonyl (C=O) groups excluding carboxylic acids is 3. The topological polar surface area (TPSA) is 205 Å². The molecular weight excluding hydrogens is 1110 g/mol. The second-order valence-corrected chi connectivity index (χ2v) is 27.3. The van der Waals surface area contributed by atoms with Crippen LogP contribution in [-0.2, 0) is 37.6 Å². The Labute approximate surface area is 494 Å². The molecule has 0 spiro atoms. The Hall–Kier alpha value is -3.47. The quantitative estimate of drug-likeness (QED) is 0.103. The van der Waals surface area contributed by atoms with Crippen molar-refractivity contribution in [2.24, 2.45) is 0 Å². The van der Waals surface area contributed by atoms with Crippen molar-refractivity contribution in [1.82, 2.24) is 29.8 Å². The molecule has 4 saturated heterocycles. The number of hydrogen-bond donors (Lipinski definition) is 2. The van der Waals surface area contributed by atoms with E-state index in [1.165, 1.54) is 63.3 Å². The fraction of sp³-hybridized carbons (Fsp3) is 0.741. The molecule has 0 aromatic heterocycles. The van der Waals surface area contributed by atoms with Crippen LogP contribution in [0, 0.1) is 13.8 Å². The molecule has 4 fully saturated rings. The summed E-state index contributed by atoms with van der Waals surface area (Å²) in [6.07, 6.45) is 7.34. The number of amides is 3. The predicted octanol–water partition coefficient (Wildman–Crippen LogP) is 11.3. The number of nitrogens with one attached hydrogen (secondary N) is 1. The second-order valence-electron chi connectivity index (χ2n) is 23.2. The molecule has 2 aromatic carbocycles. The first-order valence-electron chi connectivity index (χ1n) is 28.0. The molecule has 4 aliphatic rings. The zero-order valence-corrected chi connectivity index (χ0v) is 53.6. The molecule has 4 atom stereocenters. The number of benzene rings is 2. The van der Waals surface area contributed by atoms with Gasteiger partial charge in [-0.15, -0.1) is 12.4 Å². The Balaban J connectivity index is 0.00000100. The molecule has 0 radical (unpaired) electrons. The molecule has 0 unspecified atom stereocenters. The van der Waals surface area contributed by atoms with Crippen LogP contribution in [0.2, 0.25) is 0 Å². The van der Waals surface area contributed by atoms with E-state index in [0.29, 0.717) is 25.6 Å². The SMILES string of the molecule is C.CC(C)(C)OC(=O)N1CCC[C@@H]1CO.CCN(CC)C[C@H]1CCCN1.CCN(CC)C[C@H]1CCCN1C(=O)OC(C)(C)C.Cc1ccc(S(=O)(=O)Cl)cc1.Cc1ccc(S(=O)(=O)OC[C@H]2CCCN2C(=O)OC(C)(C)C)cc1.Cl. The van der Waals surface area contributed by atoms with E-state index in [0.717, 1.165) is 75.5 Å². The summed E-state index contributed by atoms with van der Waals surface area (Å²) >= 11 is 0. The van der Waals surface area contributed by atoms with Crippen LogP contribution in [0.1, 0.15) is 160 Å². The number of hydrogen-bond acceptors (Lipinski definition) is 15. The monoisotopic (exact) mass is 1210 g/mol. The van der Waals surface area contributed by atoms with Crippen molar-refractivity contribution in [3.63, 3.8) is 0 Å². The summed E-state index contributed by atoms with van der Waals surface area (Å²) < 4.78 is 67.2. The molecule has 4 aliphatic heterocycles. The minimum atomic E-state index is -3.83. The summed E-state index contributed by atoms with van der Waals surface area (Å²) in [5.41, 5.74) is 0.535. The number of aryl methyl sites for hydroxylation is 2. The minimum Gasteiger partial charge on any atom is -0.444 e. The molecule has 18 nitrogen and oxygen atoms in total. The molecule has 464 valence electrons. The number of carbonyl (C=O) groups is 3. The van der Waals surface area contributed by atoms with Crippen molar-refractivity contribution in [1.29, 1.82) is 0 Å². The summed E-state index contributed by atoms with van der Waals surface area (Å²) in [5.74, 6) is 0. The molecule has 2 aromatic rings. The van der Waals surface area contributed by atoms with Gasteiger partial charge in [-0.1, -0.05) is 70.5 Å². The maximum atomic E-state index is 12.2. The summed E-state index contributed by atoms with van der Waals surface area (Å²) in [4.78, 5) is 46.1.